The highest BCUT2D eigenvalue weighted by molar-refractivity contribution is 6.36. The molecule has 1 aliphatic rings. The average Bonchev–Trinajstić information content (AvgIpc) is 2.20. The van der Waals surface area contributed by atoms with Crippen molar-refractivity contribution in [2.45, 2.75) is 52.0 Å². The molecule has 1 nitrogen and oxygen atoms in total. The molecule has 0 aromatic heterocycles. The van der Waals surface area contributed by atoms with Crippen LogP contribution in [-0.4, -0.2) is 5.54 Å². The molecule has 1 aromatic rings. The second-order valence-electron chi connectivity index (χ2n) is 7.09. The lowest BCUT2D eigenvalue weighted by Gasteiger charge is -2.46. The van der Waals surface area contributed by atoms with Crippen LogP contribution < -0.4 is 5.73 Å². The maximum absolute atomic E-state index is 6.68. The quantitative estimate of drug-likeness (QED) is 0.810. The summed E-state index contributed by atoms with van der Waals surface area (Å²) in [6.45, 7) is 6.90. The smallest absolute Gasteiger partial charge is 0.0453 e. The van der Waals surface area contributed by atoms with Gasteiger partial charge in [-0.05, 0) is 54.7 Å². The fourth-order valence-corrected chi connectivity index (χ4v) is 4.53. The molecular weight excluding hydrogens is 277 g/mol. The number of rotatable bonds is 2. The van der Waals surface area contributed by atoms with Crippen molar-refractivity contribution in [2.75, 3.05) is 0 Å². The Hall–Kier alpha value is -0.240. The van der Waals surface area contributed by atoms with Crippen molar-refractivity contribution >= 4 is 23.2 Å². The van der Waals surface area contributed by atoms with Gasteiger partial charge >= 0.3 is 0 Å². The summed E-state index contributed by atoms with van der Waals surface area (Å²) >= 11 is 12.6. The zero-order valence-electron chi connectivity index (χ0n) is 12.0. The van der Waals surface area contributed by atoms with Gasteiger partial charge in [-0.1, -0.05) is 50.0 Å². The van der Waals surface area contributed by atoms with Gasteiger partial charge in [-0.3, -0.25) is 0 Å². The van der Waals surface area contributed by atoms with Crippen LogP contribution in [0.3, 0.4) is 0 Å². The van der Waals surface area contributed by atoms with Crippen LogP contribution in [0.1, 0.15) is 45.6 Å². The Kier molecular flexibility index (Phi) is 4.21. The molecule has 2 unspecified atom stereocenters. The van der Waals surface area contributed by atoms with Gasteiger partial charge in [0.05, 0.1) is 0 Å². The summed E-state index contributed by atoms with van der Waals surface area (Å²) in [5.41, 5.74) is 7.77. The Labute approximate surface area is 126 Å². The normalized spacial score (nSPS) is 30.3. The van der Waals surface area contributed by atoms with Gasteiger partial charge < -0.3 is 5.73 Å². The standard InChI is InChI=1S/C16H23Cl2N/c1-11-7-15(2,3)10-16(19,8-11)9-12-13(17)5-4-6-14(12)18/h4-6,11H,7-10,19H2,1-3H3. The highest BCUT2D eigenvalue weighted by Crippen LogP contribution is 2.45. The molecule has 1 saturated carbocycles. The predicted molar refractivity (Wildman–Crippen MR) is 83.9 cm³/mol. The van der Waals surface area contributed by atoms with E-state index in [1.165, 1.54) is 6.42 Å². The van der Waals surface area contributed by atoms with Gasteiger partial charge in [0, 0.05) is 15.6 Å². The van der Waals surface area contributed by atoms with Gasteiger partial charge in [-0.2, -0.15) is 0 Å². The molecule has 3 heteroatoms. The van der Waals surface area contributed by atoms with Crippen LogP contribution in [0, 0.1) is 11.3 Å². The highest BCUT2D eigenvalue weighted by atomic mass is 35.5. The third kappa shape index (κ3) is 3.65. The first kappa shape index (κ1) is 15.2. The summed E-state index contributed by atoms with van der Waals surface area (Å²) in [5.74, 6) is 0.648. The molecule has 2 N–H and O–H groups in total. The lowest BCUT2D eigenvalue weighted by Crippen LogP contribution is -2.50. The van der Waals surface area contributed by atoms with Crippen molar-refractivity contribution in [1.29, 1.82) is 0 Å². The maximum atomic E-state index is 6.68. The number of nitrogens with two attached hydrogens (primary N) is 1. The second-order valence-corrected chi connectivity index (χ2v) is 7.91. The van der Waals surface area contributed by atoms with Crippen LogP contribution in [0.15, 0.2) is 18.2 Å². The third-order valence-electron chi connectivity index (χ3n) is 4.08. The zero-order valence-corrected chi connectivity index (χ0v) is 13.5. The number of halogens is 2. The third-order valence-corrected chi connectivity index (χ3v) is 4.79. The van der Waals surface area contributed by atoms with E-state index in [-0.39, 0.29) is 5.54 Å². The second kappa shape index (κ2) is 5.27. The van der Waals surface area contributed by atoms with Gasteiger partial charge in [-0.25, -0.2) is 0 Å². The first-order valence-corrected chi connectivity index (χ1v) is 7.68. The molecule has 106 valence electrons. The first-order chi connectivity index (χ1) is 8.71. The largest absolute Gasteiger partial charge is 0.325 e. The van der Waals surface area contributed by atoms with Crippen LogP contribution in [0.5, 0.6) is 0 Å². The van der Waals surface area contributed by atoms with Crippen molar-refractivity contribution in [3.8, 4) is 0 Å². The lowest BCUT2D eigenvalue weighted by atomic mass is 9.63. The van der Waals surface area contributed by atoms with E-state index in [9.17, 15) is 0 Å². The average molecular weight is 300 g/mol. The Balaban J connectivity index is 2.26. The van der Waals surface area contributed by atoms with E-state index in [1.54, 1.807) is 0 Å². The molecule has 2 atom stereocenters. The van der Waals surface area contributed by atoms with Crippen LogP contribution in [0.25, 0.3) is 0 Å². The van der Waals surface area contributed by atoms with E-state index >= 15 is 0 Å². The van der Waals surface area contributed by atoms with Crippen LogP contribution in [0.2, 0.25) is 10.0 Å². The monoisotopic (exact) mass is 299 g/mol. The molecule has 0 heterocycles. The molecule has 0 bridgehead atoms. The highest BCUT2D eigenvalue weighted by Gasteiger charge is 2.40. The molecule has 0 saturated heterocycles. The number of benzene rings is 1. The minimum absolute atomic E-state index is 0.199. The summed E-state index contributed by atoms with van der Waals surface area (Å²) in [6, 6.07) is 5.66. The summed E-state index contributed by atoms with van der Waals surface area (Å²) in [7, 11) is 0. The van der Waals surface area contributed by atoms with Gasteiger partial charge in [0.2, 0.25) is 0 Å². The van der Waals surface area contributed by atoms with Gasteiger partial charge in [0.1, 0.15) is 0 Å². The molecule has 19 heavy (non-hydrogen) atoms. The van der Waals surface area contributed by atoms with Crippen molar-refractivity contribution < 1.29 is 0 Å². The molecule has 1 aromatic carbocycles. The summed E-state index contributed by atoms with van der Waals surface area (Å²) in [6.07, 6.45) is 4.06. The van der Waals surface area contributed by atoms with E-state index in [4.69, 9.17) is 28.9 Å². The lowest BCUT2D eigenvalue weighted by molar-refractivity contribution is 0.108. The van der Waals surface area contributed by atoms with Crippen molar-refractivity contribution in [3.05, 3.63) is 33.8 Å². The van der Waals surface area contributed by atoms with Gasteiger partial charge in [0.15, 0.2) is 0 Å². The number of hydrogen-bond donors (Lipinski definition) is 1. The van der Waals surface area contributed by atoms with E-state index in [0.717, 1.165) is 34.9 Å². The van der Waals surface area contributed by atoms with Crippen LogP contribution in [-0.2, 0) is 6.42 Å². The molecule has 1 fully saturated rings. The minimum Gasteiger partial charge on any atom is -0.325 e. The van der Waals surface area contributed by atoms with E-state index in [1.807, 2.05) is 18.2 Å². The molecule has 1 aliphatic carbocycles. The maximum Gasteiger partial charge on any atom is 0.0453 e. The predicted octanol–water partition coefficient (Wildman–Crippen LogP) is 5.08. The van der Waals surface area contributed by atoms with E-state index < -0.39 is 0 Å². The Bertz CT molecular complexity index is 450. The molecule has 0 amide bonds. The molecule has 0 spiro atoms. The summed E-state index contributed by atoms with van der Waals surface area (Å²) in [4.78, 5) is 0. The minimum atomic E-state index is -0.199. The Morgan fingerprint density at radius 1 is 1.21 bits per heavy atom. The molecular formula is C16H23Cl2N. The topological polar surface area (TPSA) is 26.0 Å². The Morgan fingerprint density at radius 2 is 1.79 bits per heavy atom. The fraction of sp³-hybridized carbons (Fsp3) is 0.625. The van der Waals surface area contributed by atoms with Gasteiger partial charge in [0.25, 0.3) is 0 Å². The summed E-state index contributed by atoms with van der Waals surface area (Å²) in [5, 5.41) is 1.46. The van der Waals surface area contributed by atoms with Crippen molar-refractivity contribution in [2.24, 2.45) is 17.1 Å². The number of hydrogen-bond acceptors (Lipinski definition) is 1. The summed E-state index contributed by atoms with van der Waals surface area (Å²) < 4.78 is 0. The Morgan fingerprint density at radius 3 is 2.32 bits per heavy atom. The fourth-order valence-electron chi connectivity index (χ4n) is 3.99. The van der Waals surface area contributed by atoms with E-state index in [2.05, 4.69) is 20.8 Å². The van der Waals surface area contributed by atoms with Crippen molar-refractivity contribution in [3.63, 3.8) is 0 Å². The zero-order chi connectivity index (χ0) is 14.3. The van der Waals surface area contributed by atoms with Crippen molar-refractivity contribution in [1.82, 2.24) is 0 Å². The molecule has 0 radical (unpaired) electrons. The van der Waals surface area contributed by atoms with Crippen LogP contribution >= 0.6 is 23.2 Å². The first-order valence-electron chi connectivity index (χ1n) is 6.93. The molecule has 2 rings (SSSR count). The SMILES string of the molecule is CC1CC(C)(C)CC(N)(Cc2c(Cl)cccc2Cl)C1. The van der Waals surface area contributed by atoms with Crippen LogP contribution in [0.4, 0.5) is 0 Å². The van der Waals surface area contributed by atoms with Gasteiger partial charge in [-0.15, -0.1) is 0 Å². The van der Waals surface area contributed by atoms with E-state index in [0.29, 0.717) is 11.3 Å². The molecule has 0 aliphatic heterocycles.